The molecule has 0 aliphatic carbocycles. The van der Waals surface area contributed by atoms with Crippen LogP contribution < -0.4 is 5.73 Å². The van der Waals surface area contributed by atoms with Crippen LogP contribution in [0.2, 0.25) is 0 Å². The monoisotopic (exact) mass is 263 g/mol. The van der Waals surface area contributed by atoms with E-state index in [1.165, 1.54) is 12.1 Å². The Bertz CT molecular complexity index is 432. The van der Waals surface area contributed by atoms with E-state index in [0.717, 1.165) is 5.56 Å². The first-order valence-electron chi connectivity index (χ1n) is 5.03. The molecule has 0 aliphatic heterocycles. The lowest BCUT2D eigenvalue weighted by molar-refractivity contribution is -0.326. The van der Waals surface area contributed by atoms with Crippen molar-refractivity contribution in [2.75, 3.05) is 18.9 Å². The van der Waals surface area contributed by atoms with Crippen LogP contribution in [0.3, 0.4) is 0 Å². The zero-order valence-corrected chi connectivity index (χ0v) is 9.58. The summed E-state index contributed by atoms with van der Waals surface area (Å²) in [7, 11) is 0. The fraction of sp³-hybridized carbons (Fsp3) is 0.364. The van der Waals surface area contributed by atoms with E-state index in [4.69, 9.17) is 5.73 Å². The van der Waals surface area contributed by atoms with Gasteiger partial charge in [-0.15, -0.1) is 13.2 Å². The van der Waals surface area contributed by atoms with Crippen molar-refractivity contribution in [3.63, 3.8) is 0 Å². The normalized spacial score (nSPS) is 11.3. The molecule has 2 N–H and O–H groups in total. The second-order valence-electron chi connectivity index (χ2n) is 3.52. The molecule has 18 heavy (non-hydrogen) atoms. The number of halogens is 3. The quantitative estimate of drug-likeness (QED) is 0.514. The summed E-state index contributed by atoms with van der Waals surface area (Å²) in [5.74, 6) is -0.776. The number of nitrogens with two attached hydrogens (primary N) is 1. The first kappa shape index (κ1) is 14.3. The number of carbonyl (C=O) groups excluding carboxylic acids is 1. The Labute approximate surface area is 101 Å². The molecule has 0 fully saturated rings. The maximum atomic E-state index is 11.6. The van der Waals surface area contributed by atoms with Gasteiger partial charge in [0.15, 0.2) is 0 Å². The lowest BCUT2D eigenvalue weighted by Gasteiger charge is -2.09. The van der Waals surface area contributed by atoms with E-state index >= 15 is 0 Å². The average Bonchev–Trinajstić information content (AvgIpc) is 2.26. The van der Waals surface area contributed by atoms with E-state index in [9.17, 15) is 18.0 Å². The number of ether oxygens (including phenoxy) is 2. The van der Waals surface area contributed by atoms with Crippen LogP contribution in [-0.4, -0.2) is 25.5 Å². The number of anilines is 1. The molecule has 4 nitrogen and oxygen atoms in total. The van der Waals surface area contributed by atoms with Crippen LogP contribution in [-0.2, 0) is 9.47 Å². The van der Waals surface area contributed by atoms with Crippen LogP contribution in [0.5, 0.6) is 0 Å². The van der Waals surface area contributed by atoms with Gasteiger partial charge in [-0.25, -0.2) is 4.79 Å². The van der Waals surface area contributed by atoms with E-state index in [2.05, 4.69) is 9.47 Å². The highest BCUT2D eigenvalue weighted by Gasteiger charge is 2.28. The Kier molecular flexibility index (Phi) is 4.55. The maximum absolute atomic E-state index is 11.6. The van der Waals surface area contributed by atoms with Gasteiger partial charge in [0.25, 0.3) is 0 Å². The number of nitrogen functional groups attached to an aromatic ring is 1. The second kappa shape index (κ2) is 5.72. The Morgan fingerprint density at radius 2 is 2.00 bits per heavy atom. The highest BCUT2D eigenvalue weighted by molar-refractivity contribution is 5.95. The minimum Gasteiger partial charge on any atom is -0.460 e. The van der Waals surface area contributed by atoms with Gasteiger partial charge in [0.05, 0.1) is 12.2 Å². The second-order valence-corrected chi connectivity index (χ2v) is 3.52. The van der Waals surface area contributed by atoms with Crippen molar-refractivity contribution in [2.45, 2.75) is 13.3 Å². The first-order valence-corrected chi connectivity index (χ1v) is 5.03. The molecule has 0 saturated carbocycles. The molecule has 0 amide bonds. The third kappa shape index (κ3) is 4.62. The summed E-state index contributed by atoms with van der Waals surface area (Å²) >= 11 is 0. The standard InChI is InChI=1S/C11H12F3NO3/c1-7-2-3-9(15)8(6-7)10(16)17-4-5-18-11(12,13)14/h2-3,6H,4-5,15H2,1H3. The molecule has 0 aliphatic rings. The van der Waals surface area contributed by atoms with Crippen molar-refractivity contribution in [1.29, 1.82) is 0 Å². The molecular weight excluding hydrogens is 251 g/mol. The van der Waals surface area contributed by atoms with Gasteiger partial charge < -0.3 is 10.5 Å². The maximum Gasteiger partial charge on any atom is 0.522 e. The number of hydrogen-bond acceptors (Lipinski definition) is 4. The van der Waals surface area contributed by atoms with Crippen molar-refractivity contribution in [3.05, 3.63) is 29.3 Å². The van der Waals surface area contributed by atoms with Crippen molar-refractivity contribution in [1.82, 2.24) is 0 Å². The molecule has 0 radical (unpaired) electrons. The molecule has 0 atom stereocenters. The zero-order chi connectivity index (χ0) is 13.8. The Morgan fingerprint density at radius 3 is 2.61 bits per heavy atom. The zero-order valence-electron chi connectivity index (χ0n) is 9.58. The van der Waals surface area contributed by atoms with Gasteiger partial charge in [0, 0.05) is 5.69 Å². The van der Waals surface area contributed by atoms with Crippen LogP contribution in [0.4, 0.5) is 18.9 Å². The molecule has 0 saturated heterocycles. The molecule has 0 heterocycles. The van der Waals surface area contributed by atoms with Crippen molar-refractivity contribution in [3.8, 4) is 0 Å². The number of alkyl halides is 3. The van der Waals surface area contributed by atoms with Gasteiger partial charge in [-0.2, -0.15) is 0 Å². The van der Waals surface area contributed by atoms with E-state index in [0.29, 0.717) is 0 Å². The molecule has 0 bridgehead atoms. The minimum atomic E-state index is -4.73. The van der Waals surface area contributed by atoms with Crippen LogP contribution in [0.15, 0.2) is 18.2 Å². The number of benzene rings is 1. The third-order valence-corrected chi connectivity index (χ3v) is 2.01. The van der Waals surface area contributed by atoms with Crippen molar-refractivity contribution < 1.29 is 27.4 Å². The molecule has 1 aromatic rings. The lowest BCUT2D eigenvalue weighted by atomic mass is 10.1. The van der Waals surface area contributed by atoms with Gasteiger partial charge >= 0.3 is 12.3 Å². The van der Waals surface area contributed by atoms with Crippen LogP contribution in [0, 0.1) is 6.92 Å². The molecular formula is C11H12F3NO3. The highest BCUT2D eigenvalue weighted by Crippen LogP contribution is 2.17. The summed E-state index contributed by atoms with van der Waals surface area (Å²) in [5, 5.41) is 0. The predicted octanol–water partition coefficient (Wildman–Crippen LogP) is 2.27. The van der Waals surface area contributed by atoms with Gasteiger partial charge in [0.2, 0.25) is 0 Å². The van der Waals surface area contributed by atoms with Gasteiger partial charge in [0.1, 0.15) is 6.61 Å². The molecule has 100 valence electrons. The van der Waals surface area contributed by atoms with Gasteiger partial charge in [-0.05, 0) is 19.1 Å². The third-order valence-electron chi connectivity index (χ3n) is 2.01. The van der Waals surface area contributed by atoms with Gasteiger partial charge in [-0.3, -0.25) is 4.74 Å². The number of aryl methyl sites for hydroxylation is 1. The summed E-state index contributed by atoms with van der Waals surface area (Å²) in [4.78, 5) is 11.5. The van der Waals surface area contributed by atoms with Crippen LogP contribution in [0.25, 0.3) is 0 Å². The predicted molar refractivity (Wildman–Crippen MR) is 57.9 cm³/mol. The fourth-order valence-electron chi connectivity index (χ4n) is 1.22. The topological polar surface area (TPSA) is 61.6 Å². The molecule has 0 unspecified atom stereocenters. The van der Waals surface area contributed by atoms with Crippen LogP contribution >= 0.6 is 0 Å². The van der Waals surface area contributed by atoms with E-state index < -0.39 is 25.5 Å². The average molecular weight is 263 g/mol. The molecule has 0 spiro atoms. The number of esters is 1. The van der Waals surface area contributed by atoms with Gasteiger partial charge in [-0.1, -0.05) is 11.6 Å². The number of rotatable bonds is 4. The lowest BCUT2D eigenvalue weighted by Crippen LogP contribution is -2.19. The van der Waals surface area contributed by atoms with E-state index in [1.54, 1.807) is 13.0 Å². The largest absolute Gasteiger partial charge is 0.522 e. The molecule has 1 aromatic carbocycles. The van der Waals surface area contributed by atoms with E-state index in [-0.39, 0.29) is 11.3 Å². The van der Waals surface area contributed by atoms with Crippen molar-refractivity contribution >= 4 is 11.7 Å². The summed E-state index contributed by atoms with van der Waals surface area (Å²) < 4.78 is 43.0. The smallest absolute Gasteiger partial charge is 0.460 e. The summed E-state index contributed by atoms with van der Waals surface area (Å²) in [6, 6.07) is 4.74. The SMILES string of the molecule is Cc1ccc(N)c(C(=O)OCCOC(F)(F)F)c1. The highest BCUT2D eigenvalue weighted by atomic mass is 19.4. The molecule has 1 rings (SSSR count). The van der Waals surface area contributed by atoms with Crippen molar-refractivity contribution in [2.24, 2.45) is 0 Å². The fourth-order valence-corrected chi connectivity index (χ4v) is 1.22. The molecule has 7 heteroatoms. The number of hydrogen-bond donors (Lipinski definition) is 1. The minimum absolute atomic E-state index is 0.127. The summed E-state index contributed by atoms with van der Waals surface area (Å²) in [6.07, 6.45) is -4.73. The summed E-state index contributed by atoms with van der Waals surface area (Å²) in [5.41, 5.74) is 6.68. The Morgan fingerprint density at radius 1 is 1.33 bits per heavy atom. The first-order chi connectivity index (χ1) is 8.29. The number of carbonyl (C=O) groups is 1. The summed E-state index contributed by atoms with van der Waals surface area (Å²) in [6.45, 7) is 0.510. The Balaban J connectivity index is 2.48. The Hall–Kier alpha value is -1.76. The van der Waals surface area contributed by atoms with Crippen LogP contribution in [0.1, 0.15) is 15.9 Å². The van der Waals surface area contributed by atoms with E-state index in [1.807, 2.05) is 0 Å². The molecule has 0 aromatic heterocycles.